The van der Waals surface area contributed by atoms with Crippen LogP contribution in [0.5, 0.6) is 0 Å². The van der Waals surface area contributed by atoms with Crippen molar-refractivity contribution in [2.75, 3.05) is 41.5 Å². The lowest BCUT2D eigenvalue weighted by molar-refractivity contribution is -0.299. The number of unbranched alkanes of at least 4 members (excludes halogenated alkanes) is 1. The fourth-order valence-corrected chi connectivity index (χ4v) is 4.76. The first-order valence-electron chi connectivity index (χ1n) is 12.8. The van der Waals surface area contributed by atoms with Gasteiger partial charge in [-0.3, -0.25) is 9.59 Å². The van der Waals surface area contributed by atoms with E-state index in [0.29, 0.717) is 13.0 Å². The van der Waals surface area contributed by atoms with Gasteiger partial charge in [0.2, 0.25) is 0 Å². The van der Waals surface area contributed by atoms with Gasteiger partial charge in [-0.2, -0.15) is 0 Å². The summed E-state index contributed by atoms with van der Waals surface area (Å²) in [5.41, 5.74) is -0.931. The third-order valence-electron chi connectivity index (χ3n) is 6.98. The summed E-state index contributed by atoms with van der Waals surface area (Å²) in [5.74, 6) is -1.62. The molecule has 0 aromatic rings. The number of likely N-dealkylation sites (N-methyl/N-ethyl adjacent to an activating group) is 1. The van der Waals surface area contributed by atoms with Crippen LogP contribution in [0.3, 0.4) is 0 Å². The highest BCUT2D eigenvalue weighted by Gasteiger charge is 2.48. The normalized spacial score (nSPS) is 27.2. The Morgan fingerprint density at radius 1 is 1.23 bits per heavy atom. The van der Waals surface area contributed by atoms with E-state index < -0.39 is 29.9 Å². The molecule has 0 radical (unpaired) electrons. The number of Topliss-reactive ketones (excluding diaryl/α,β-unsaturated/α-hetero) is 1. The summed E-state index contributed by atoms with van der Waals surface area (Å²) in [6.07, 6.45) is 0.570. The molecule has 1 heterocycles. The number of hydrogen-bond donors (Lipinski definition) is 1. The molecule has 0 aromatic heterocycles. The van der Waals surface area contributed by atoms with Gasteiger partial charge in [-0.05, 0) is 53.1 Å². The van der Waals surface area contributed by atoms with Crippen LogP contribution in [0.1, 0.15) is 66.7 Å². The summed E-state index contributed by atoms with van der Waals surface area (Å²) < 4.78 is 29.7. The van der Waals surface area contributed by atoms with Gasteiger partial charge in [0, 0.05) is 32.8 Å². The van der Waals surface area contributed by atoms with Crippen molar-refractivity contribution in [1.29, 1.82) is 0 Å². The number of nitrogens with zero attached hydrogens (tertiary/aromatic N) is 1. The molecule has 0 bridgehead atoms. The summed E-state index contributed by atoms with van der Waals surface area (Å²) >= 11 is 0. The third kappa shape index (κ3) is 9.37. The molecular formula is C26H49NO8. The number of ether oxygens (including phenoxy) is 5. The van der Waals surface area contributed by atoms with Crippen LogP contribution >= 0.6 is 0 Å². The summed E-state index contributed by atoms with van der Waals surface area (Å²) in [4.78, 5) is 27.5. The SMILES string of the molecule is CCCCOC(=O)CC(=O)[C@H](C)[C@@H](O[C@@H]1O[C@H](C)CC(N(C)C)C1OC)[C@@](C)(C[C@@H](C)CO)OC. The fourth-order valence-electron chi connectivity index (χ4n) is 4.76. The van der Waals surface area contributed by atoms with Gasteiger partial charge in [-0.15, -0.1) is 0 Å². The number of aliphatic hydroxyl groups is 1. The molecule has 1 N–H and O–H groups in total. The summed E-state index contributed by atoms with van der Waals surface area (Å²) in [6.45, 7) is 9.77. The Hall–Kier alpha value is -1.10. The van der Waals surface area contributed by atoms with E-state index in [1.807, 2.05) is 41.8 Å². The molecule has 35 heavy (non-hydrogen) atoms. The Labute approximate surface area is 211 Å². The molecule has 2 unspecified atom stereocenters. The molecule has 9 heteroatoms. The smallest absolute Gasteiger partial charge is 0.313 e. The summed E-state index contributed by atoms with van der Waals surface area (Å²) in [5, 5.41) is 9.70. The zero-order valence-electron chi connectivity index (χ0n) is 23.2. The number of aliphatic hydroxyl groups excluding tert-OH is 1. The van der Waals surface area contributed by atoms with E-state index in [1.54, 1.807) is 21.1 Å². The van der Waals surface area contributed by atoms with Crippen molar-refractivity contribution in [2.45, 2.75) is 103 Å². The number of methoxy groups -OCH3 is 2. The lowest BCUT2D eigenvalue weighted by Crippen LogP contribution is -2.59. The highest BCUT2D eigenvalue weighted by Crippen LogP contribution is 2.36. The first kappa shape index (κ1) is 31.9. The highest BCUT2D eigenvalue weighted by molar-refractivity contribution is 5.97. The number of esters is 1. The molecular weight excluding hydrogens is 454 g/mol. The molecule has 1 fully saturated rings. The summed E-state index contributed by atoms with van der Waals surface area (Å²) in [7, 11) is 7.16. The Kier molecular flexibility index (Phi) is 13.9. The highest BCUT2D eigenvalue weighted by atomic mass is 16.7. The quantitative estimate of drug-likeness (QED) is 0.193. The molecule has 1 aliphatic rings. The van der Waals surface area contributed by atoms with Crippen LogP contribution in [0.4, 0.5) is 0 Å². The van der Waals surface area contributed by atoms with Gasteiger partial charge in [0.25, 0.3) is 0 Å². The van der Waals surface area contributed by atoms with Crippen molar-refractivity contribution in [3.8, 4) is 0 Å². The average Bonchev–Trinajstić information content (AvgIpc) is 2.81. The van der Waals surface area contributed by atoms with Crippen LogP contribution in [-0.4, -0.2) is 99.5 Å². The van der Waals surface area contributed by atoms with E-state index >= 15 is 0 Å². The lowest BCUT2D eigenvalue weighted by atomic mass is 9.80. The van der Waals surface area contributed by atoms with Crippen LogP contribution < -0.4 is 0 Å². The molecule has 9 nitrogen and oxygen atoms in total. The fraction of sp³-hybridized carbons (Fsp3) is 0.923. The van der Waals surface area contributed by atoms with E-state index in [2.05, 4.69) is 4.90 Å². The Balaban J connectivity index is 3.23. The maximum atomic E-state index is 13.2. The van der Waals surface area contributed by atoms with Crippen LogP contribution in [0.2, 0.25) is 0 Å². The predicted octanol–water partition coefficient (Wildman–Crippen LogP) is 2.81. The van der Waals surface area contributed by atoms with E-state index in [0.717, 1.165) is 19.3 Å². The second-order valence-electron chi connectivity index (χ2n) is 10.4. The van der Waals surface area contributed by atoms with E-state index in [1.165, 1.54) is 0 Å². The first-order valence-corrected chi connectivity index (χ1v) is 12.8. The first-order chi connectivity index (χ1) is 16.4. The third-order valence-corrected chi connectivity index (χ3v) is 6.98. The standard InChI is InChI=1S/C26H49NO8/c1-10-11-12-33-22(30)14-21(29)19(4)24(26(5,32-9)15-17(2)16-28)35-25-23(31-8)20(27(6)7)13-18(3)34-25/h17-20,23-25,28H,10-16H2,1-9H3/t17-,18-,19+,20?,23?,24-,25+,26-/m1/s1. The molecule has 1 saturated heterocycles. The Morgan fingerprint density at radius 3 is 2.40 bits per heavy atom. The molecule has 0 aromatic carbocycles. The molecule has 0 aliphatic carbocycles. The largest absolute Gasteiger partial charge is 0.465 e. The lowest BCUT2D eigenvalue weighted by Gasteiger charge is -2.47. The molecule has 0 saturated carbocycles. The van der Waals surface area contributed by atoms with Crippen molar-refractivity contribution in [2.24, 2.45) is 11.8 Å². The van der Waals surface area contributed by atoms with Crippen LogP contribution in [0.25, 0.3) is 0 Å². The molecule has 1 aliphatic heterocycles. The topological polar surface area (TPSA) is 104 Å². The minimum Gasteiger partial charge on any atom is -0.465 e. The molecule has 8 atom stereocenters. The molecule has 1 rings (SSSR count). The summed E-state index contributed by atoms with van der Waals surface area (Å²) in [6, 6.07) is 0.0547. The van der Waals surface area contributed by atoms with E-state index in [9.17, 15) is 14.7 Å². The van der Waals surface area contributed by atoms with Crippen molar-refractivity contribution in [3.63, 3.8) is 0 Å². The maximum Gasteiger partial charge on any atom is 0.313 e. The van der Waals surface area contributed by atoms with Gasteiger partial charge in [-0.1, -0.05) is 27.2 Å². The van der Waals surface area contributed by atoms with Gasteiger partial charge in [0.05, 0.1) is 24.4 Å². The van der Waals surface area contributed by atoms with Gasteiger partial charge < -0.3 is 33.7 Å². The second-order valence-corrected chi connectivity index (χ2v) is 10.4. The van der Waals surface area contributed by atoms with Crippen LogP contribution in [0, 0.1) is 11.8 Å². The number of hydrogen-bond acceptors (Lipinski definition) is 9. The average molecular weight is 504 g/mol. The van der Waals surface area contributed by atoms with Crippen LogP contribution in [0.15, 0.2) is 0 Å². The maximum absolute atomic E-state index is 13.2. The van der Waals surface area contributed by atoms with Gasteiger partial charge in [0.1, 0.15) is 18.3 Å². The van der Waals surface area contributed by atoms with Crippen LogP contribution in [-0.2, 0) is 33.3 Å². The monoisotopic (exact) mass is 503 g/mol. The van der Waals surface area contributed by atoms with Gasteiger partial charge in [0.15, 0.2) is 6.29 Å². The molecule has 0 spiro atoms. The molecule has 206 valence electrons. The minimum absolute atomic E-state index is 0.0296. The van der Waals surface area contributed by atoms with Gasteiger partial charge >= 0.3 is 5.97 Å². The van der Waals surface area contributed by atoms with E-state index in [-0.39, 0.29) is 43.0 Å². The van der Waals surface area contributed by atoms with Crippen molar-refractivity contribution in [3.05, 3.63) is 0 Å². The Bertz CT molecular complexity index is 645. The second kappa shape index (κ2) is 15.2. The zero-order valence-corrected chi connectivity index (χ0v) is 23.2. The number of ketones is 1. The predicted molar refractivity (Wildman–Crippen MR) is 133 cm³/mol. The number of rotatable bonds is 16. The number of carbonyl (C=O) groups excluding carboxylic acids is 2. The number of carbonyl (C=O) groups is 2. The Morgan fingerprint density at radius 2 is 1.89 bits per heavy atom. The van der Waals surface area contributed by atoms with Crippen molar-refractivity contribution in [1.82, 2.24) is 4.90 Å². The molecule has 0 amide bonds. The zero-order chi connectivity index (χ0) is 26.8. The van der Waals surface area contributed by atoms with E-state index in [4.69, 9.17) is 23.7 Å². The van der Waals surface area contributed by atoms with Crippen molar-refractivity contribution >= 4 is 11.8 Å². The minimum atomic E-state index is -0.931. The van der Waals surface area contributed by atoms with Gasteiger partial charge in [-0.25, -0.2) is 0 Å². The van der Waals surface area contributed by atoms with Crippen molar-refractivity contribution < 1.29 is 38.4 Å².